The zero-order valence-corrected chi connectivity index (χ0v) is 16.5. The number of nitrogens with zero attached hydrogens (tertiary/aromatic N) is 1. The molecule has 2 heterocycles. The van der Waals surface area contributed by atoms with Gasteiger partial charge in [0.1, 0.15) is 18.8 Å². The van der Waals surface area contributed by atoms with Crippen LogP contribution in [0.4, 0.5) is 0 Å². The molecule has 27 heavy (non-hydrogen) atoms. The van der Waals surface area contributed by atoms with Crippen molar-refractivity contribution in [1.82, 2.24) is 4.90 Å². The number of hydrogen-bond donors (Lipinski definition) is 0. The normalized spacial score (nSPS) is 26.4. The summed E-state index contributed by atoms with van der Waals surface area (Å²) < 4.78 is 16.6. The Hall–Kier alpha value is -2.01. The predicted molar refractivity (Wildman–Crippen MR) is 104 cm³/mol. The Morgan fingerprint density at radius 2 is 2.26 bits per heavy atom. The summed E-state index contributed by atoms with van der Waals surface area (Å²) in [6.45, 7) is 6.03. The van der Waals surface area contributed by atoms with E-state index in [0.29, 0.717) is 13.2 Å². The van der Waals surface area contributed by atoms with Crippen LogP contribution in [0.25, 0.3) is 0 Å². The molecule has 0 radical (unpaired) electrons. The largest absolute Gasteiger partial charge is 0.466 e. The quantitative estimate of drug-likeness (QED) is 0.618. The minimum Gasteiger partial charge on any atom is -0.466 e. The smallest absolute Gasteiger partial charge is 0.313 e. The van der Waals surface area contributed by atoms with Crippen molar-refractivity contribution in [3.63, 3.8) is 0 Å². The van der Waals surface area contributed by atoms with Crippen molar-refractivity contribution in [2.45, 2.75) is 58.4 Å². The standard InChI is InChI=1S/C22H31NO4/c1-3-22(21(24)26-4-2)11-8-12-23(17-22)19(20-16-25-13-14-27-20)15-18-9-6-5-7-10-18/h5-6,9,13-14,16,19H,3-4,7-8,10-12,15,17H2,1-2H3. The molecule has 0 aromatic rings. The summed E-state index contributed by atoms with van der Waals surface area (Å²) in [6, 6.07) is 0.0633. The summed E-state index contributed by atoms with van der Waals surface area (Å²) in [5.74, 6) is 0.745. The van der Waals surface area contributed by atoms with Crippen molar-refractivity contribution in [2.24, 2.45) is 5.41 Å². The molecule has 1 fully saturated rings. The van der Waals surface area contributed by atoms with Crippen LogP contribution in [-0.4, -0.2) is 36.6 Å². The Balaban J connectivity index is 1.82. The van der Waals surface area contributed by atoms with Crippen molar-refractivity contribution < 1.29 is 19.0 Å². The van der Waals surface area contributed by atoms with Gasteiger partial charge in [0.05, 0.1) is 18.1 Å². The van der Waals surface area contributed by atoms with Gasteiger partial charge in [0.25, 0.3) is 0 Å². The van der Waals surface area contributed by atoms with Crippen LogP contribution < -0.4 is 0 Å². The van der Waals surface area contributed by atoms with Crippen LogP contribution in [0.5, 0.6) is 0 Å². The highest BCUT2D eigenvalue weighted by atomic mass is 16.5. The molecular formula is C22H31NO4. The monoisotopic (exact) mass is 373 g/mol. The summed E-state index contributed by atoms with van der Waals surface area (Å²) in [6.07, 6.45) is 17.0. The summed E-state index contributed by atoms with van der Waals surface area (Å²) in [7, 11) is 0. The average molecular weight is 373 g/mol. The molecule has 0 N–H and O–H groups in total. The average Bonchev–Trinajstić information content (AvgIpc) is 2.73. The fourth-order valence-electron chi connectivity index (χ4n) is 4.23. The van der Waals surface area contributed by atoms with Gasteiger partial charge < -0.3 is 14.2 Å². The van der Waals surface area contributed by atoms with Crippen LogP contribution >= 0.6 is 0 Å². The van der Waals surface area contributed by atoms with Crippen LogP contribution in [0, 0.1) is 5.41 Å². The van der Waals surface area contributed by atoms with E-state index in [9.17, 15) is 4.79 Å². The van der Waals surface area contributed by atoms with E-state index in [-0.39, 0.29) is 12.0 Å². The minimum absolute atomic E-state index is 0.0633. The highest BCUT2D eigenvalue weighted by Crippen LogP contribution is 2.38. The number of ether oxygens (including phenoxy) is 3. The number of rotatable bonds is 7. The van der Waals surface area contributed by atoms with Gasteiger partial charge in [-0.2, -0.15) is 0 Å². The van der Waals surface area contributed by atoms with Crippen LogP contribution in [-0.2, 0) is 19.0 Å². The van der Waals surface area contributed by atoms with Gasteiger partial charge in [-0.05, 0) is 52.0 Å². The number of carbonyl (C=O) groups is 1. The lowest BCUT2D eigenvalue weighted by molar-refractivity contribution is -0.160. The lowest BCUT2D eigenvalue weighted by atomic mass is 9.76. The fourth-order valence-corrected chi connectivity index (χ4v) is 4.23. The van der Waals surface area contributed by atoms with E-state index in [2.05, 4.69) is 30.1 Å². The maximum absolute atomic E-state index is 12.7. The fraction of sp³-hybridized carbons (Fsp3) is 0.591. The first-order valence-electron chi connectivity index (χ1n) is 10.1. The highest BCUT2D eigenvalue weighted by molar-refractivity contribution is 5.77. The third-order valence-corrected chi connectivity index (χ3v) is 5.84. The summed E-state index contributed by atoms with van der Waals surface area (Å²) >= 11 is 0. The molecule has 0 saturated carbocycles. The first-order chi connectivity index (χ1) is 13.2. The van der Waals surface area contributed by atoms with E-state index in [1.165, 1.54) is 11.8 Å². The van der Waals surface area contributed by atoms with Gasteiger partial charge in [0, 0.05) is 6.54 Å². The van der Waals surface area contributed by atoms with Gasteiger partial charge >= 0.3 is 5.97 Å². The number of allylic oxidation sites excluding steroid dienone is 3. The third kappa shape index (κ3) is 4.64. The molecule has 0 bridgehead atoms. The third-order valence-electron chi connectivity index (χ3n) is 5.84. The highest BCUT2D eigenvalue weighted by Gasteiger charge is 2.44. The molecule has 3 aliphatic rings. The molecule has 2 atom stereocenters. The molecule has 5 heteroatoms. The molecule has 0 spiro atoms. The second-order valence-corrected chi connectivity index (χ2v) is 7.49. The molecular weight excluding hydrogens is 342 g/mol. The zero-order valence-electron chi connectivity index (χ0n) is 16.5. The molecule has 148 valence electrons. The van der Waals surface area contributed by atoms with Crippen molar-refractivity contribution >= 4 is 5.97 Å². The van der Waals surface area contributed by atoms with E-state index < -0.39 is 5.41 Å². The topological polar surface area (TPSA) is 48.0 Å². The van der Waals surface area contributed by atoms with Crippen molar-refractivity contribution in [2.75, 3.05) is 19.7 Å². The maximum Gasteiger partial charge on any atom is 0.313 e. The van der Waals surface area contributed by atoms with E-state index in [1.807, 2.05) is 6.92 Å². The van der Waals surface area contributed by atoms with Crippen molar-refractivity contribution in [3.8, 4) is 0 Å². The summed E-state index contributed by atoms with van der Waals surface area (Å²) in [5, 5.41) is 0. The molecule has 1 aliphatic carbocycles. The van der Waals surface area contributed by atoms with Crippen LogP contribution in [0.2, 0.25) is 0 Å². The van der Waals surface area contributed by atoms with Crippen molar-refractivity contribution in [3.05, 3.63) is 48.3 Å². The Bertz CT molecular complexity index is 649. The Kier molecular flexibility index (Phi) is 6.78. The van der Waals surface area contributed by atoms with Gasteiger partial charge in [-0.3, -0.25) is 9.69 Å². The molecule has 0 aromatic heterocycles. The van der Waals surface area contributed by atoms with Crippen molar-refractivity contribution in [1.29, 1.82) is 0 Å². The van der Waals surface area contributed by atoms with E-state index in [0.717, 1.165) is 50.8 Å². The second kappa shape index (κ2) is 9.27. The first kappa shape index (κ1) is 19.7. The molecule has 5 nitrogen and oxygen atoms in total. The SMILES string of the molecule is CCOC(=O)C1(CC)CCCN(C(CC2=CC=CCC2)C2=COC=CO2)C1. The molecule has 2 unspecified atom stereocenters. The van der Waals surface area contributed by atoms with E-state index in [4.69, 9.17) is 14.2 Å². The number of esters is 1. The summed E-state index contributed by atoms with van der Waals surface area (Å²) in [5.41, 5.74) is 0.976. The summed E-state index contributed by atoms with van der Waals surface area (Å²) in [4.78, 5) is 15.1. The first-order valence-corrected chi connectivity index (χ1v) is 10.1. The van der Waals surface area contributed by atoms with E-state index in [1.54, 1.807) is 12.5 Å². The molecule has 0 amide bonds. The maximum atomic E-state index is 12.7. The van der Waals surface area contributed by atoms with Crippen LogP contribution in [0.1, 0.15) is 52.4 Å². The van der Waals surface area contributed by atoms with Gasteiger partial charge in [0.15, 0.2) is 5.76 Å². The second-order valence-electron chi connectivity index (χ2n) is 7.49. The molecule has 2 aliphatic heterocycles. The van der Waals surface area contributed by atoms with Gasteiger partial charge in [0.2, 0.25) is 0 Å². The molecule has 3 rings (SSSR count). The minimum atomic E-state index is -0.431. The lowest BCUT2D eigenvalue weighted by Gasteiger charge is -2.44. The van der Waals surface area contributed by atoms with Crippen LogP contribution in [0.15, 0.2) is 48.3 Å². The number of hydrogen-bond acceptors (Lipinski definition) is 5. The Morgan fingerprint density at radius 3 is 2.93 bits per heavy atom. The Morgan fingerprint density at radius 1 is 1.37 bits per heavy atom. The predicted octanol–water partition coefficient (Wildman–Crippen LogP) is 4.44. The molecule has 1 saturated heterocycles. The number of piperidine rings is 1. The Labute approximate surface area is 162 Å². The number of carbonyl (C=O) groups excluding carboxylic acids is 1. The van der Waals surface area contributed by atoms with E-state index >= 15 is 0 Å². The number of likely N-dealkylation sites (tertiary alicyclic amines) is 1. The molecule has 0 aromatic carbocycles. The van der Waals surface area contributed by atoms with Gasteiger partial charge in [-0.1, -0.05) is 30.7 Å². The van der Waals surface area contributed by atoms with Gasteiger partial charge in [-0.15, -0.1) is 0 Å². The van der Waals surface area contributed by atoms with Crippen LogP contribution in [0.3, 0.4) is 0 Å². The zero-order chi connectivity index (χ0) is 19.1. The lowest BCUT2D eigenvalue weighted by Crippen LogP contribution is -2.52. The van der Waals surface area contributed by atoms with Gasteiger partial charge in [-0.25, -0.2) is 0 Å².